The van der Waals surface area contributed by atoms with Gasteiger partial charge in [-0.1, -0.05) is 41.4 Å². The Bertz CT molecular complexity index is 1090. The fourth-order valence-electron chi connectivity index (χ4n) is 3.06. The van der Waals surface area contributed by atoms with Crippen LogP contribution in [-0.2, 0) is 26.2 Å². The van der Waals surface area contributed by atoms with E-state index in [0.717, 1.165) is 10.6 Å². The number of likely N-dealkylation sites (N-methyl/N-ethyl adjacent to an activating group) is 1. The predicted octanol–water partition coefficient (Wildman–Crippen LogP) is 2.93. The van der Waals surface area contributed by atoms with Crippen LogP contribution in [0.5, 0.6) is 5.75 Å². The van der Waals surface area contributed by atoms with Gasteiger partial charge >= 0.3 is 0 Å². The Hall–Kier alpha value is -2.49. The summed E-state index contributed by atoms with van der Waals surface area (Å²) in [5, 5.41) is 3.16. The first-order valence-electron chi connectivity index (χ1n) is 9.55. The molecule has 1 atom stereocenters. The van der Waals surface area contributed by atoms with Gasteiger partial charge in [0.05, 0.1) is 29.1 Å². The number of nitrogens with one attached hydrogen (secondary N) is 1. The third-order valence-electron chi connectivity index (χ3n) is 4.78. The normalized spacial score (nSPS) is 12.1. The summed E-state index contributed by atoms with van der Waals surface area (Å²) in [6.07, 6.45) is 0.998. The fourth-order valence-corrected chi connectivity index (χ4v) is 4.23. The number of carbonyl (C=O) groups excluding carboxylic acids is 2. The van der Waals surface area contributed by atoms with Crippen molar-refractivity contribution in [2.75, 3.05) is 31.3 Å². The Morgan fingerprint density at radius 3 is 2.34 bits per heavy atom. The Balaban J connectivity index is 2.43. The molecule has 2 amide bonds. The molecule has 32 heavy (non-hydrogen) atoms. The largest absolute Gasteiger partial charge is 0.495 e. The van der Waals surface area contributed by atoms with E-state index in [9.17, 15) is 18.0 Å². The van der Waals surface area contributed by atoms with Gasteiger partial charge in [0.2, 0.25) is 21.8 Å². The Kier molecular flexibility index (Phi) is 8.77. The van der Waals surface area contributed by atoms with Gasteiger partial charge in [-0.3, -0.25) is 13.9 Å². The van der Waals surface area contributed by atoms with Crippen LogP contribution in [0.2, 0.25) is 10.0 Å². The second-order valence-corrected chi connectivity index (χ2v) is 9.72. The summed E-state index contributed by atoms with van der Waals surface area (Å²) in [5.74, 6) is -0.689. The zero-order valence-corrected chi connectivity index (χ0v) is 20.5. The highest BCUT2D eigenvalue weighted by Crippen LogP contribution is 2.30. The average Bonchev–Trinajstić information content (AvgIpc) is 2.76. The van der Waals surface area contributed by atoms with Gasteiger partial charge in [-0.2, -0.15) is 0 Å². The van der Waals surface area contributed by atoms with Crippen LogP contribution in [0.1, 0.15) is 12.5 Å². The Morgan fingerprint density at radius 1 is 1.12 bits per heavy atom. The fraction of sp³-hybridized carbons (Fsp3) is 0.333. The summed E-state index contributed by atoms with van der Waals surface area (Å²) < 4.78 is 31.3. The number of ether oxygens (including phenoxy) is 1. The van der Waals surface area contributed by atoms with Crippen molar-refractivity contribution in [3.8, 4) is 5.75 Å². The first-order chi connectivity index (χ1) is 15.0. The predicted molar refractivity (Wildman–Crippen MR) is 126 cm³/mol. The molecule has 0 aromatic heterocycles. The van der Waals surface area contributed by atoms with E-state index in [1.54, 1.807) is 49.4 Å². The second kappa shape index (κ2) is 10.9. The lowest BCUT2D eigenvalue weighted by atomic mass is 10.1. The number of rotatable bonds is 9. The molecule has 2 rings (SSSR count). The number of nitrogens with zero attached hydrogens (tertiary/aromatic N) is 2. The molecular formula is C21H25Cl2N3O5S. The van der Waals surface area contributed by atoms with Crippen molar-refractivity contribution in [1.29, 1.82) is 0 Å². The molecule has 0 bridgehead atoms. The van der Waals surface area contributed by atoms with E-state index in [-0.39, 0.29) is 12.2 Å². The van der Waals surface area contributed by atoms with E-state index in [0.29, 0.717) is 21.4 Å². The molecule has 0 unspecified atom stereocenters. The summed E-state index contributed by atoms with van der Waals surface area (Å²) in [6, 6.07) is 10.5. The molecule has 0 heterocycles. The minimum atomic E-state index is -3.85. The summed E-state index contributed by atoms with van der Waals surface area (Å²) in [6.45, 7) is 1.05. The molecule has 2 aromatic rings. The number of sulfonamides is 1. The smallest absolute Gasteiger partial charge is 0.244 e. The lowest BCUT2D eigenvalue weighted by molar-refractivity contribution is -0.139. The van der Waals surface area contributed by atoms with Gasteiger partial charge in [0.15, 0.2) is 0 Å². The van der Waals surface area contributed by atoms with Gasteiger partial charge in [-0.15, -0.1) is 0 Å². The minimum Gasteiger partial charge on any atom is -0.495 e. The third kappa shape index (κ3) is 6.27. The van der Waals surface area contributed by atoms with Crippen molar-refractivity contribution in [3.05, 3.63) is 58.1 Å². The molecule has 0 saturated carbocycles. The van der Waals surface area contributed by atoms with Crippen molar-refractivity contribution >= 4 is 50.7 Å². The maximum Gasteiger partial charge on any atom is 0.244 e. The van der Waals surface area contributed by atoms with Crippen molar-refractivity contribution < 1.29 is 22.7 Å². The van der Waals surface area contributed by atoms with E-state index in [2.05, 4.69) is 5.32 Å². The number of benzene rings is 2. The Labute approximate surface area is 198 Å². The van der Waals surface area contributed by atoms with Crippen LogP contribution in [0.4, 0.5) is 5.69 Å². The SMILES string of the molecule is CNC(=O)[C@H](C)N(Cc1ccc(Cl)c(Cl)c1)C(=O)CN(c1ccccc1OC)S(C)(=O)=O. The highest BCUT2D eigenvalue weighted by molar-refractivity contribution is 7.92. The van der Waals surface area contributed by atoms with Crippen LogP contribution in [0.3, 0.4) is 0 Å². The van der Waals surface area contributed by atoms with Crippen molar-refractivity contribution in [2.24, 2.45) is 0 Å². The number of para-hydroxylation sites is 2. The highest BCUT2D eigenvalue weighted by Gasteiger charge is 2.30. The topological polar surface area (TPSA) is 96.0 Å². The van der Waals surface area contributed by atoms with E-state index in [1.807, 2.05) is 0 Å². The molecule has 2 aromatic carbocycles. The van der Waals surface area contributed by atoms with E-state index >= 15 is 0 Å². The maximum absolute atomic E-state index is 13.3. The third-order valence-corrected chi connectivity index (χ3v) is 6.65. The van der Waals surface area contributed by atoms with E-state index < -0.39 is 34.4 Å². The lowest BCUT2D eigenvalue weighted by Crippen LogP contribution is -2.50. The standard InChI is InChI=1S/C21H25Cl2N3O5S/c1-14(21(28)24-2)25(12-15-9-10-16(22)17(23)11-15)20(27)13-26(32(4,29)30)18-7-5-6-8-19(18)31-3/h5-11,14H,12-13H2,1-4H3,(H,24,28)/t14-/m0/s1. The molecule has 11 heteroatoms. The number of anilines is 1. The molecule has 0 spiro atoms. The molecule has 0 radical (unpaired) electrons. The highest BCUT2D eigenvalue weighted by atomic mass is 35.5. The molecule has 0 saturated heterocycles. The number of amides is 2. The first kappa shape index (κ1) is 25.8. The molecular weight excluding hydrogens is 477 g/mol. The summed E-state index contributed by atoms with van der Waals surface area (Å²) >= 11 is 12.1. The van der Waals surface area contributed by atoms with Crippen LogP contribution in [0.15, 0.2) is 42.5 Å². The number of hydrogen-bond acceptors (Lipinski definition) is 5. The molecule has 1 N–H and O–H groups in total. The van der Waals surface area contributed by atoms with E-state index in [4.69, 9.17) is 27.9 Å². The zero-order valence-electron chi connectivity index (χ0n) is 18.1. The summed E-state index contributed by atoms with van der Waals surface area (Å²) in [7, 11) is -0.984. The van der Waals surface area contributed by atoms with E-state index in [1.165, 1.54) is 19.1 Å². The molecule has 8 nitrogen and oxygen atoms in total. The van der Waals surface area contributed by atoms with Gasteiger partial charge in [0.25, 0.3) is 0 Å². The molecule has 174 valence electrons. The van der Waals surface area contributed by atoms with Crippen LogP contribution in [-0.4, -0.2) is 58.1 Å². The first-order valence-corrected chi connectivity index (χ1v) is 12.2. The van der Waals surface area contributed by atoms with Crippen molar-refractivity contribution in [3.63, 3.8) is 0 Å². The quantitative estimate of drug-likeness (QED) is 0.569. The number of halogens is 2. The summed E-state index contributed by atoms with van der Waals surface area (Å²) in [4.78, 5) is 26.9. The molecule has 0 fully saturated rings. The molecule has 0 aliphatic heterocycles. The average molecular weight is 502 g/mol. The molecule has 0 aliphatic rings. The van der Waals surface area contributed by atoms with Crippen molar-refractivity contribution in [1.82, 2.24) is 10.2 Å². The minimum absolute atomic E-state index is 0.0217. The van der Waals surface area contributed by atoms with Gasteiger partial charge in [-0.05, 0) is 36.8 Å². The molecule has 0 aliphatic carbocycles. The Morgan fingerprint density at radius 2 is 1.78 bits per heavy atom. The second-order valence-electron chi connectivity index (χ2n) is 7.00. The van der Waals surface area contributed by atoms with Crippen LogP contribution < -0.4 is 14.4 Å². The van der Waals surface area contributed by atoms with Crippen LogP contribution >= 0.6 is 23.2 Å². The zero-order chi connectivity index (χ0) is 24.1. The van der Waals surface area contributed by atoms with Crippen LogP contribution in [0, 0.1) is 0 Å². The van der Waals surface area contributed by atoms with Crippen LogP contribution in [0.25, 0.3) is 0 Å². The van der Waals surface area contributed by atoms with Gasteiger partial charge < -0.3 is 15.0 Å². The summed E-state index contributed by atoms with van der Waals surface area (Å²) in [5.41, 5.74) is 0.847. The van der Waals surface area contributed by atoms with Gasteiger partial charge in [0, 0.05) is 13.6 Å². The number of methoxy groups -OCH3 is 1. The lowest BCUT2D eigenvalue weighted by Gasteiger charge is -2.31. The number of hydrogen-bond donors (Lipinski definition) is 1. The maximum atomic E-state index is 13.3. The van der Waals surface area contributed by atoms with Crippen molar-refractivity contribution in [2.45, 2.75) is 19.5 Å². The number of carbonyl (C=O) groups is 2. The monoisotopic (exact) mass is 501 g/mol. The van der Waals surface area contributed by atoms with Gasteiger partial charge in [-0.25, -0.2) is 8.42 Å². The van der Waals surface area contributed by atoms with Gasteiger partial charge in [0.1, 0.15) is 18.3 Å².